The molecule has 6 nitrogen and oxygen atoms in total. The Morgan fingerprint density at radius 2 is 1.93 bits per heavy atom. The molecule has 1 aliphatic heterocycles. The van der Waals surface area contributed by atoms with Crippen LogP contribution in [0.1, 0.15) is 42.5 Å². The summed E-state index contributed by atoms with van der Waals surface area (Å²) < 4.78 is 5.41. The van der Waals surface area contributed by atoms with Crippen molar-refractivity contribution in [2.24, 2.45) is 0 Å². The van der Waals surface area contributed by atoms with Gasteiger partial charge in [-0.3, -0.25) is 4.79 Å². The number of allylic oxidation sites excluding steroid dienone is 1. The molecule has 0 radical (unpaired) electrons. The molecule has 29 heavy (non-hydrogen) atoms. The fourth-order valence-corrected chi connectivity index (χ4v) is 3.83. The minimum absolute atomic E-state index is 0.0235. The van der Waals surface area contributed by atoms with E-state index in [4.69, 9.17) is 4.74 Å². The second kappa shape index (κ2) is 9.65. The minimum Gasteiger partial charge on any atom is -0.378 e. The first-order valence-corrected chi connectivity index (χ1v) is 10.5. The number of nitrogens with one attached hydrogen (secondary N) is 1. The van der Waals surface area contributed by atoms with Crippen LogP contribution in [0.15, 0.2) is 48.3 Å². The van der Waals surface area contributed by atoms with E-state index in [0.717, 1.165) is 49.8 Å². The zero-order valence-electron chi connectivity index (χ0n) is 16.8. The van der Waals surface area contributed by atoms with Crippen molar-refractivity contribution < 1.29 is 9.53 Å². The van der Waals surface area contributed by atoms with Crippen LogP contribution in [0.3, 0.4) is 0 Å². The Labute approximate surface area is 172 Å². The van der Waals surface area contributed by atoms with Gasteiger partial charge in [0.1, 0.15) is 12.1 Å². The van der Waals surface area contributed by atoms with Crippen LogP contribution >= 0.6 is 0 Å². The van der Waals surface area contributed by atoms with E-state index >= 15 is 0 Å². The van der Waals surface area contributed by atoms with Gasteiger partial charge in [0.15, 0.2) is 0 Å². The maximum atomic E-state index is 12.4. The van der Waals surface area contributed by atoms with Crippen molar-refractivity contribution in [3.8, 4) is 11.3 Å². The number of anilines is 1. The molecule has 0 atom stereocenters. The van der Waals surface area contributed by atoms with E-state index in [0.29, 0.717) is 12.1 Å². The van der Waals surface area contributed by atoms with Crippen molar-refractivity contribution in [1.29, 1.82) is 0 Å². The van der Waals surface area contributed by atoms with Crippen molar-refractivity contribution in [1.82, 2.24) is 15.3 Å². The lowest BCUT2D eigenvalue weighted by Gasteiger charge is -2.27. The Kier molecular flexibility index (Phi) is 6.52. The van der Waals surface area contributed by atoms with E-state index in [1.54, 1.807) is 6.33 Å². The zero-order chi connectivity index (χ0) is 19.9. The van der Waals surface area contributed by atoms with Crippen LogP contribution in [-0.2, 0) is 4.74 Å². The van der Waals surface area contributed by atoms with Crippen LogP contribution in [0, 0.1) is 0 Å². The maximum absolute atomic E-state index is 12.4. The van der Waals surface area contributed by atoms with Gasteiger partial charge >= 0.3 is 0 Å². The van der Waals surface area contributed by atoms with Crippen LogP contribution in [-0.4, -0.2) is 48.7 Å². The zero-order valence-corrected chi connectivity index (χ0v) is 16.8. The fraction of sp³-hybridized carbons (Fsp3) is 0.435. The molecule has 2 aromatic rings. The summed E-state index contributed by atoms with van der Waals surface area (Å²) in [6.45, 7) is 3.82. The molecule has 0 bridgehead atoms. The molecule has 1 saturated heterocycles. The molecule has 1 N–H and O–H groups in total. The molecule has 6 heteroatoms. The van der Waals surface area contributed by atoms with Crippen molar-refractivity contribution in [2.75, 3.05) is 37.7 Å². The number of ether oxygens (including phenoxy) is 1. The molecule has 1 fully saturated rings. The topological polar surface area (TPSA) is 67.4 Å². The van der Waals surface area contributed by atoms with E-state index < -0.39 is 0 Å². The first kappa shape index (κ1) is 19.6. The third kappa shape index (κ3) is 5.21. The highest BCUT2D eigenvalue weighted by Crippen LogP contribution is 2.22. The average Bonchev–Trinajstić information content (AvgIpc) is 2.80. The quantitative estimate of drug-likeness (QED) is 0.761. The number of benzene rings is 1. The van der Waals surface area contributed by atoms with Crippen LogP contribution < -0.4 is 10.2 Å². The predicted octanol–water partition coefficient (Wildman–Crippen LogP) is 3.60. The third-order valence-corrected chi connectivity index (χ3v) is 5.55. The second-order valence-electron chi connectivity index (χ2n) is 7.55. The lowest BCUT2D eigenvalue weighted by molar-refractivity contribution is 0.0954. The van der Waals surface area contributed by atoms with Crippen LogP contribution in [0.25, 0.3) is 11.3 Å². The molecular formula is C23H28N4O2. The Morgan fingerprint density at radius 3 is 2.69 bits per heavy atom. The summed E-state index contributed by atoms with van der Waals surface area (Å²) in [7, 11) is 0. The van der Waals surface area contributed by atoms with Gasteiger partial charge in [0, 0.05) is 36.8 Å². The summed E-state index contributed by atoms with van der Waals surface area (Å²) in [5.41, 5.74) is 3.99. The van der Waals surface area contributed by atoms with Gasteiger partial charge in [-0.25, -0.2) is 9.97 Å². The number of hydrogen-bond donors (Lipinski definition) is 1. The van der Waals surface area contributed by atoms with Gasteiger partial charge in [-0.05, 0) is 44.2 Å². The highest BCUT2D eigenvalue weighted by Gasteiger charge is 2.14. The molecule has 4 rings (SSSR count). The van der Waals surface area contributed by atoms with Crippen LogP contribution in [0.5, 0.6) is 0 Å². The number of morpholine rings is 1. The van der Waals surface area contributed by atoms with Gasteiger partial charge in [0.2, 0.25) is 0 Å². The van der Waals surface area contributed by atoms with Gasteiger partial charge in [-0.1, -0.05) is 23.8 Å². The normalized spacial score (nSPS) is 17.0. The van der Waals surface area contributed by atoms with Crippen molar-refractivity contribution in [2.45, 2.75) is 32.1 Å². The summed E-state index contributed by atoms with van der Waals surface area (Å²) in [6.07, 6.45) is 9.81. The Bertz CT molecular complexity index is 857. The van der Waals surface area contributed by atoms with Gasteiger partial charge in [-0.15, -0.1) is 0 Å². The fourth-order valence-electron chi connectivity index (χ4n) is 3.83. The molecule has 0 spiro atoms. The Hall–Kier alpha value is -2.73. The number of carbonyl (C=O) groups is 1. The summed E-state index contributed by atoms with van der Waals surface area (Å²) >= 11 is 0. The largest absolute Gasteiger partial charge is 0.378 e. The highest BCUT2D eigenvalue weighted by atomic mass is 16.5. The second-order valence-corrected chi connectivity index (χ2v) is 7.55. The van der Waals surface area contributed by atoms with E-state index in [9.17, 15) is 4.79 Å². The molecule has 1 aromatic heterocycles. The van der Waals surface area contributed by atoms with Gasteiger partial charge in [-0.2, -0.15) is 0 Å². The third-order valence-electron chi connectivity index (χ3n) is 5.55. The van der Waals surface area contributed by atoms with Gasteiger partial charge in [0.05, 0.1) is 18.9 Å². The van der Waals surface area contributed by atoms with Gasteiger partial charge in [0.25, 0.3) is 5.91 Å². The predicted molar refractivity (Wildman–Crippen MR) is 114 cm³/mol. The number of aromatic nitrogens is 2. The van der Waals surface area contributed by atoms with E-state index in [2.05, 4.69) is 26.3 Å². The molecule has 2 aliphatic rings. The van der Waals surface area contributed by atoms with Crippen LogP contribution in [0.2, 0.25) is 0 Å². The van der Waals surface area contributed by atoms with Gasteiger partial charge < -0.3 is 15.0 Å². The first-order chi connectivity index (χ1) is 14.3. The van der Waals surface area contributed by atoms with Crippen molar-refractivity contribution in [3.63, 3.8) is 0 Å². The average molecular weight is 393 g/mol. The minimum atomic E-state index is -0.0235. The molecular weight excluding hydrogens is 364 g/mol. The summed E-state index contributed by atoms with van der Waals surface area (Å²) in [4.78, 5) is 23.4. The molecule has 0 unspecified atom stereocenters. The van der Waals surface area contributed by atoms with Crippen molar-refractivity contribution >= 4 is 11.7 Å². The number of amides is 1. The lowest BCUT2D eigenvalue weighted by Crippen LogP contribution is -2.36. The van der Waals surface area contributed by atoms with Crippen molar-refractivity contribution in [3.05, 3.63) is 53.9 Å². The van der Waals surface area contributed by atoms with E-state index in [1.807, 2.05) is 30.3 Å². The first-order valence-electron chi connectivity index (χ1n) is 10.5. The summed E-state index contributed by atoms with van der Waals surface area (Å²) in [5.74, 6) is 0.891. The monoisotopic (exact) mass is 392 g/mol. The number of nitrogens with zero attached hydrogens (tertiary/aromatic N) is 3. The smallest absolute Gasteiger partial charge is 0.251 e. The summed E-state index contributed by atoms with van der Waals surface area (Å²) in [5, 5.41) is 3.03. The molecule has 152 valence electrons. The number of hydrogen-bond acceptors (Lipinski definition) is 5. The van der Waals surface area contributed by atoms with E-state index in [-0.39, 0.29) is 5.91 Å². The maximum Gasteiger partial charge on any atom is 0.251 e. The molecule has 1 aromatic carbocycles. The Morgan fingerprint density at radius 1 is 1.10 bits per heavy atom. The van der Waals surface area contributed by atoms with E-state index in [1.165, 1.54) is 31.3 Å². The SMILES string of the molecule is O=C(NCCC1=CCCCC1)c1ccc(-c2cc(N3CCOCC3)ncn2)cc1. The molecule has 1 amide bonds. The summed E-state index contributed by atoms with van der Waals surface area (Å²) in [6, 6.07) is 9.62. The number of rotatable bonds is 6. The molecule has 2 heterocycles. The standard InChI is InChI=1S/C23H28N4O2/c28-23(24-11-10-18-4-2-1-3-5-18)20-8-6-19(7-9-20)21-16-22(26-17-25-21)27-12-14-29-15-13-27/h4,6-9,16-17H,1-3,5,10-15H2,(H,24,28). The highest BCUT2D eigenvalue weighted by molar-refractivity contribution is 5.94. The molecule has 0 saturated carbocycles. The van der Waals surface area contributed by atoms with Crippen LogP contribution in [0.4, 0.5) is 5.82 Å². The lowest BCUT2D eigenvalue weighted by atomic mass is 9.97. The Balaban J connectivity index is 1.36. The molecule has 1 aliphatic carbocycles. The number of carbonyl (C=O) groups excluding carboxylic acids is 1.